The molecule has 1 aromatic rings. The second-order valence-electron chi connectivity index (χ2n) is 5.69. The van der Waals surface area contributed by atoms with Crippen molar-refractivity contribution < 1.29 is 13.5 Å². The van der Waals surface area contributed by atoms with Crippen molar-refractivity contribution in [3.63, 3.8) is 0 Å². The molecule has 2 saturated heterocycles. The van der Waals surface area contributed by atoms with Crippen LogP contribution in [0.3, 0.4) is 0 Å². The van der Waals surface area contributed by atoms with Gasteiger partial charge in [-0.15, -0.1) is 0 Å². The second-order valence-corrected chi connectivity index (χ2v) is 8.25. The predicted molar refractivity (Wildman–Crippen MR) is 83.7 cm³/mol. The average molecular weight is 331 g/mol. The van der Waals surface area contributed by atoms with Crippen molar-refractivity contribution in [1.82, 2.24) is 4.90 Å². The molecule has 3 rings (SSSR count). The minimum absolute atomic E-state index is 0.0697. The minimum Gasteiger partial charge on any atom is -0.390 e. The molecule has 1 N–H and O–H groups in total. The molecule has 21 heavy (non-hydrogen) atoms. The van der Waals surface area contributed by atoms with Crippen LogP contribution >= 0.6 is 11.6 Å². The van der Waals surface area contributed by atoms with E-state index in [0.29, 0.717) is 0 Å². The van der Waals surface area contributed by atoms with E-state index < -0.39 is 15.9 Å². The maximum atomic E-state index is 11.6. The number of piperazine rings is 1. The highest BCUT2D eigenvalue weighted by Gasteiger charge is 2.40. The third-order valence-electron chi connectivity index (χ3n) is 4.27. The van der Waals surface area contributed by atoms with Gasteiger partial charge in [-0.25, -0.2) is 8.42 Å². The topological polar surface area (TPSA) is 60.9 Å². The second kappa shape index (κ2) is 5.76. The Morgan fingerprint density at radius 1 is 1.10 bits per heavy atom. The number of aliphatic hydroxyl groups is 1. The van der Waals surface area contributed by atoms with Crippen LogP contribution in [-0.4, -0.2) is 68.3 Å². The summed E-state index contributed by atoms with van der Waals surface area (Å²) in [5, 5.41) is 10.7. The van der Waals surface area contributed by atoms with Gasteiger partial charge in [-0.05, 0) is 12.1 Å². The van der Waals surface area contributed by atoms with Crippen LogP contribution in [0, 0.1) is 0 Å². The molecule has 0 amide bonds. The Hall–Kier alpha value is -0.820. The number of nitrogens with zero attached hydrogens (tertiary/aromatic N) is 2. The van der Waals surface area contributed by atoms with Crippen LogP contribution in [-0.2, 0) is 9.84 Å². The number of para-hydroxylation sites is 1. The van der Waals surface area contributed by atoms with E-state index in [0.717, 1.165) is 36.9 Å². The molecule has 7 heteroatoms. The fraction of sp³-hybridized carbons (Fsp3) is 0.571. The lowest BCUT2D eigenvalue weighted by Gasteiger charge is -2.39. The van der Waals surface area contributed by atoms with E-state index in [-0.39, 0.29) is 17.5 Å². The number of hydrogen-bond acceptors (Lipinski definition) is 5. The number of hydrogen-bond donors (Lipinski definition) is 1. The van der Waals surface area contributed by atoms with Crippen LogP contribution in [0.25, 0.3) is 0 Å². The van der Waals surface area contributed by atoms with Gasteiger partial charge in [0.2, 0.25) is 0 Å². The third kappa shape index (κ3) is 3.18. The molecule has 0 unspecified atom stereocenters. The molecule has 2 aliphatic rings. The van der Waals surface area contributed by atoms with Gasteiger partial charge in [0.1, 0.15) is 0 Å². The van der Waals surface area contributed by atoms with E-state index >= 15 is 0 Å². The van der Waals surface area contributed by atoms with Gasteiger partial charge in [-0.1, -0.05) is 23.7 Å². The first kappa shape index (κ1) is 15.1. The molecule has 0 bridgehead atoms. The third-order valence-corrected chi connectivity index (χ3v) is 6.29. The Balaban J connectivity index is 1.65. The number of benzene rings is 1. The molecule has 0 spiro atoms. The van der Waals surface area contributed by atoms with E-state index in [1.807, 2.05) is 24.3 Å². The average Bonchev–Trinajstić information content (AvgIpc) is 2.73. The highest BCUT2D eigenvalue weighted by Crippen LogP contribution is 2.27. The molecule has 0 radical (unpaired) electrons. The van der Waals surface area contributed by atoms with Gasteiger partial charge in [0.05, 0.1) is 34.4 Å². The highest BCUT2D eigenvalue weighted by atomic mass is 35.5. The molecule has 116 valence electrons. The SMILES string of the molecule is O=S1(=O)C[C@@H](N2CCN(c3ccccc3Cl)CC2)[C@@H](O)C1. The van der Waals surface area contributed by atoms with Crippen molar-refractivity contribution in [2.75, 3.05) is 42.6 Å². The molecular formula is C14H19ClN2O3S. The van der Waals surface area contributed by atoms with Gasteiger partial charge in [0, 0.05) is 26.2 Å². The highest BCUT2D eigenvalue weighted by molar-refractivity contribution is 7.91. The fourth-order valence-electron chi connectivity index (χ4n) is 3.16. The van der Waals surface area contributed by atoms with Gasteiger partial charge in [0.25, 0.3) is 0 Å². The van der Waals surface area contributed by atoms with Gasteiger partial charge in [-0.2, -0.15) is 0 Å². The summed E-state index contributed by atoms with van der Waals surface area (Å²) in [5.41, 5.74) is 1.01. The summed E-state index contributed by atoms with van der Waals surface area (Å²) in [4.78, 5) is 4.29. The Morgan fingerprint density at radius 2 is 1.76 bits per heavy atom. The van der Waals surface area contributed by atoms with Crippen molar-refractivity contribution in [2.24, 2.45) is 0 Å². The normalized spacial score (nSPS) is 29.7. The summed E-state index contributed by atoms with van der Waals surface area (Å²) in [6.07, 6.45) is -0.762. The number of anilines is 1. The smallest absolute Gasteiger partial charge is 0.154 e. The van der Waals surface area contributed by atoms with Crippen LogP contribution in [0.5, 0.6) is 0 Å². The lowest BCUT2D eigenvalue weighted by Crippen LogP contribution is -2.53. The first-order chi connectivity index (χ1) is 9.96. The molecule has 0 aliphatic carbocycles. The van der Waals surface area contributed by atoms with E-state index in [1.54, 1.807) is 0 Å². The van der Waals surface area contributed by atoms with Crippen LogP contribution in [0.4, 0.5) is 5.69 Å². The van der Waals surface area contributed by atoms with Crippen molar-refractivity contribution in [2.45, 2.75) is 12.1 Å². The van der Waals surface area contributed by atoms with E-state index in [1.165, 1.54) is 0 Å². The van der Waals surface area contributed by atoms with E-state index in [9.17, 15) is 13.5 Å². The molecular weight excluding hydrogens is 312 g/mol. The van der Waals surface area contributed by atoms with Gasteiger partial charge < -0.3 is 10.0 Å². The van der Waals surface area contributed by atoms with Crippen molar-refractivity contribution in [3.05, 3.63) is 29.3 Å². The maximum Gasteiger partial charge on any atom is 0.154 e. The molecule has 2 fully saturated rings. The number of aliphatic hydroxyl groups excluding tert-OH is 1. The summed E-state index contributed by atoms with van der Waals surface area (Å²) in [5.74, 6) is -0.0390. The molecule has 5 nitrogen and oxygen atoms in total. The molecule has 0 saturated carbocycles. The van der Waals surface area contributed by atoms with Gasteiger partial charge in [-0.3, -0.25) is 4.90 Å². The Morgan fingerprint density at radius 3 is 2.33 bits per heavy atom. The Kier molecular flexibility index (Phi) is 4.14. The zero-order chi connectivity index (χ0) is 15.0. The van der Waals surface area contributed by atoms with Crippen LogP contribution < -0.4 is 4.90 Å². The molecule has 1 aromatic carbocycles. The lowest BCUT2D eigenvalue weighted by molar-refractivity contribution is 0.0793. The molecule has 0 aromatic heterocycles. The van der Waals surface area contributed by atoms with Crippen LogP contribution in [0.15, 0.2) is 24.3 Å². The number of sulfone groups is 1. The van der Waals surface area contributed by atoms with Crippen molar-refractivity contribution in [3.8, 4) is 0 Å². The maximum absolute atomic E-state index is 11.6. The quantitative estimate of drug-likeness (QED) is 0.861. The molecule has 2 aliphatic heterocycles. The zero-order valence-corrected chi connectivity index (χ0v) is 13.2. The van der Waals surface area contributed by atoms with Gasteiger partial charge in [0.15, 0.2) is 9.84 Å². The van der Waals surface area contributed by atoms with Crippen LogP contribution in [0.2, 0.25) is 5.02 Å². The molecule has 2 heterocycles. The van der Waals surface area contributed by atoms with Crippen molar-refractivity contribution in [1.29, 1.82) is 0 Å². The molecule has 2 atom stereocenters. The van der Waals surface area contributed by atoms with Gasteiger partial charge >= 0.3 is 0 Å². The van der Waals surface area contributed by atoms with Crippen molar-refractivity contribution >= 4 is 27.1 Å². The lowest BCUT2D eigenvalue weighted by atomic mass is 10.1. The first-order valence-corrected chi connectivity index (χ1v) is 9.28. The monoisotopic (exact) mass is 330 g/mol. The summed E-state index contributed by atoms with van der Waals surface area (Å²) < 4.78 is 23.2. The number of halogens is 1. The Labute approximate surface area is 130 Å². The largest absolute Gasteiger partial charge is 0.390 e. The first-order valence-electron chi connectivity index (χ1n) is 7.08. The standard InChI is InChI=1S/C14H19ClN2O3S/c15-11-3-1-2-4-12(11)16-5-7-17(8-6-16)13-9-21(19,20)10-14(13)18/h1-4,13-14,18H,5-10H2/t13-,14+/m1/s1. The van der Waals surface area contributed by atoms with Crippen LogP contribution in [0.1, 0.15) is 0 Å². The summed E-state index contributed by atoms with van der Waals surface area (Å²) in [6.45, 7) is 3.05. The summed E-state index contributed by atoms with van der Waals surface area (Å²) in [7, 11) is -3.09. The minimum atomic E-state index is -3.09. The fourth-order valence-corrected chi connectivity index (χ4v) is 5.25. The number of rotatable bonds is 2. The Bertz CT molecular complexity index is 614. The summed E-state index contributed by atoms with van der Waals surface area (Å²) >= 11 is 6.21. The van der Waals surface area contributed by atoms with E-state index in [4.69, 9.17) is 11.6 Å². The zero-order valence-electron chi connectivity index (χ0n) is 11.7. The summed E-state index contributed by atoms with van der Waals surface area (Å²) in [6, 6.07) is 7.47. The predicted octanol–water partition coefficient (Wildman–Crippen LogP) is 0.620. The van der Waals surface area contributed by atoms with E-state index in [2.05, 4.69) is 9.80 Å².